The molecule has 3 rings (SSSR count). The number of nitrogens with one attached hydrogen (secondary N) is 1. The standard InChI is InChI=1S/C18H24N4/c1-3-17-20-18-10-9-16(13-22(18)21-17)19-12-14(2)11-15-7-5-4-6-8-15/h4-8,11,16,19H,3,9-10,12-13H2,1-2H3/b14-11+/t16-/m0/s1. The fraction of sp³-hybridized carbons (Fsp3) is 0.444. The van der Waals surface area contributed by atoms with Gasteiger partial charge in [-0.3, -0.25) is 0 Å². The van der Waals surface area contributed by atoms with Crippen LogP contribution in [0.15, 0.2) is 35.9 Å². The van der Waals surface area contributed by atoms with Crippen LogP contribution in [-0.4, -0.2) is 27.4 Å². The molecule has 1 aromatic carbocycles. The maximum absolute atomic E-state index is 4.57. The summed E-state index contributed by atoms with van der Waals surface area (Å²) in [5.74, 6) is 2.11. The zero-order valence-electron chi connectivity index (χ0n) is 13.4. The first-order valence-corrected chi connectivity index (χ1v) is 8.13. The summed E-state index contributed by atoms with van der Waals surface area (Å²) < 4.78 is 2.08. The van der Waals surface area contributed by atoms with Gasteiger partial charge < -0.3 is 5.32 Å². The smallest absolute Gasteiger partial charge is 0.150 e. The van der Waals surface area contributed by atoms with Gasteiger partial charge in [-0.05, 0) is 18.9 Å². The van der Waals surface area contributed by atoms with Crippen LogP contribution in [0.3, 0.4) is 0 Å². The Kier molecular flexibility index (Phi) is 4.68. The molecule has 1 N–H and O–H groups in total. The molecule has 1 aliphatic heterocycles. The largest absolute Gasteiger partial charge is 0.308 e. The van der Waals surface area contributed by atoms with E-state index in [1.54, 1.807) is 0 Å². The number of benzene rings is 1. The second kappa shape index (κ2) is 6.88. The van der Waals surface area contributed by atoms with Crippen molar-refractivity contribution in [3.8, 4) is 0 Å². The van der Waals surface area contributed by atoms with Gasteiger partial charge >= 0.3 is 0 Å². The van der Waals surface area contributed by atoms with Crippen molar-refractivity contribution in [1.82, 2.24) is 20.1 Å². The molecule has 0 saturated heterocycles. The van der Waals surface area contributed by atoms with Crippen LogP contribution in [0.5, 0.6) is 0 Å². The van der Waals surface area contributed by atoms with Crippen molar-refractivity contribution >= 4 is 6.08 Å². The number of hydrogen-bond donors (Lipinski definition) is 1. The Bertz CT molecular complexity index is 642. The van der Waals surface area contributed by atoms with E-state index in [4.69, 9.17) is 0 Å². The average Bonchev–Trinajstić information content (AvgIpc) is 2.96. The molecule has 22 heavy (non-hydrogen) atoms. The molecule has 1 atom stereocenters. The number of nitrogens with zero attached hydrogens (tertiary/aromatic N) is 3. The Hall–Kier alpha value is -1.94. The molecule has 0 radical (unpaired) electrons. The fourth-order valence-corrected chi connectivity index (χ4v) is 2.87. The van der Waals surface area contributed by atoms with Gasteiger partial charge in [0.1, 0.15) is 5.82 Å². The van der Waals surface area contributed by atoms with Crippen LogP contribution in [0.1, 0.15) is 37.5 Å². The molecular formula is C18H24N4. The van der Waals surface area contributed by atoms with E-state index in [1.165, 1.54) is 11.1 Å². The zero-order chi connectivity index (χ0) is 15.4. The highest BCUT2D eigenvalue weighted by atomic mass is 15.4. The zero-order valence-corrected chi connectivity index (χ0v) is 13.4. The Morgan fingerprint density at radius 1 is 1.36 bits per heavy atom. The van der Waals surface area contributed by atoms with E-state index in [1.807, 2.05) is 6.07 Å². The fourth-order valence-electron chi connectivity index (χ4n) is 2.87. The van der Waals surface area contributed by atoms with E-state index < -0.39 is 0 Å². The molecule has 1 aromatic heterocycles. The Morgan fingerprint density at radius 2 is 2.18 bits per heavy atom. The molecule has 0 unspecified atom stereocenters. The highest BCUT2D eigenvalue weighted by Gasteiger charge is 2.20. The summed E-state index contributed by atoms with van der Waals surface area (Å²) >= 11 is 0. The summed E-state index contributed by atoms with van der Waals surface area (Å²) in [7, 11) is 0. The van der Waals surface area contributed by atoms with Gasteiger partial charge in [-0.1, -0.05) is 48.9 Å². The van der Waals surface area contributed by atoms with Crippen LogP contribution in [0, 0.1) is 0 Å². The van der Waals surface area contributed by atoms with Crippen molar-refractivity contribution in [3.63, 3.8) is 0 Å². The minimum Gasteiger partial charge on any atom is -0.308 e. The molecular weight excluding hydrogens is 272 g/mol. The molecule has 2 heterocycles. The summed E-state index contributed by atoms with van der Waals surface area (Å²) in [5, 5.41) is 8.22. The van der Waals surface area contributed by atoms with Crippen LogP contribution in [0.2, 0.25) is 0 Å². The lowest BCUT2D eigenvalue weighted by molar-refractivity contribution is 0.367. The third kappa shape index (κ3) is 3.63. The van der Waals surface area contributed by atoms with Gasteiger partial charge in [0.15, 0.2) is 5.82 Å². The van der Waals surface area contributed by atoms with Crippen LogP contribution in [0.25, 0.3) is 6.08 Å². The normalized spacial score (nSPS) is 18.3. The lowest BCUT2D eigenvalue weighted by Gasteiger charge is -2.23. The van der Waals surface area contributed by atoms with Crippen molar-refractivity contribution in [3.05, 3.63) is 53.1 Å². The molecule has 0 fully saturated rings. The molecule has 0 saturated carbocycles. The molecule has 0 bridgehead atoms. The number of fused-ring (bicyclic) bond motifs is 1. The van der Waals surface area contributed by atoms with Crippen LogP contribution < -0.4 is 5.32 Å². The molecule has 4 heteroatoms. The van der Waals surface area contributed by atoms with Gasteiger partial charge in [-0.25, -0.2) is 9.67 Å². The second-order valence-corrected chi connectivity index (χ2v) is 6.00. The molecule has 1 aliphatic rings. The van der Waals surface area contributed by atoms with E-state index in [-0.39, 0.29) is 0 Å². The van der Waals surface area contributed by atoms with Crippen molar-refractivity contribution in [2.45, 2.75) is 45.7 Å². The van der Waals surface area contributed by atoms with Gasteiger partial charge in [-0.2, -0.15) is 5.10 Å². The van der Waals surface area contributed by atoms with E-state index in [9.17, 15) is 0 Å². The average molecular weight is 296 g/mol. The summed E-state index contributed by atoms with van der Waals surface area (Å²) in [6.45, 7) is 6.14. The number of aromatic nitrogens is 3. The van der Waals surface area contributed by atoms with Gasteiger partial charge in [-0.15, -0.1) is 0 Å². The Labute approximate surface area is 132 Å². The summed E-state index contributed by atoms with van der Waals surface area (Å²) in [5.41, 5.74) is 2.61. The summed E-state index contributed by atoms with van der Waals surface area (Å²) in [6, 6.07) is 11.0. The molecule has 0 amide bonds. The number of rotatable bonds is 5. The van der Waals surface area contributed by atoms with Crippen LogP contribution in [-0.2, 0) is 19.4 Å². The summed E-state index contributed by atoms with van der Waals surface area (Å²) in [6.07, 6.45) is 5.31. The van der Waals surface area contributed by atoms with Crippen molar-refractivity contribution in [2.75, 3.05) is 6.54 Å². The van der Waals surface area contributed by atoms with Crippen molar-refractivity contribution in [1.29, 1.82) is 0 Å². The van der Waals surface area contributed by atoms with Gasteiger partial charge in [0.2, 0.25) is 0 Å². The van der Waals surface area contributed by atoms with Gasteiger partial charge in [0, 0.05) is 25.4 Å². The third-order valence-electron chi connectivity index (χ3n) is 4.10. The van der Waals surface area contributed by atoms with Crippen molar-refractivity contribution in [2.24, 2.45) is 0 Å². The number of hydrogen-bond acceptors (Lipinski definition) is 3. The number of aryl methyl sites for hydroxylation is 2. The van der Waals surface area contributed by atoms with Gasteiger partial charge in [0.05, 0.1) is 6.54 Å². The van der Waals surface area contributed by atoms with E-state index >= 15 is 0 Å². The molecule has 116 valence electrons. The predicted octanol–water partition coefficient (Wildman–Crippen LogP) is 2.85. The minimum atomic E-state index is 0.484. The molecule has 2 aromatic rings. The lowest BCUT2D eigenvalue weighted by Crippen LogP contribution is -2.38. The molecule has 0 aliphatic carbocycles. The first kappa shape index (κ1) is 15.0. The highest BCUT2D eigenvalue weighted by Crippen LogP contribution is 2.14. The maximum Gasteiger partial charge on any atom is 0.150 e. The first-order chi connectivity index (χ1) is 10.7. The van der Waals surface area contributed by atoms with E-state index in [2.05, 4.69) is 64.3 Å². The first-order valence-electron chi connectivity index (χ1n) is 8.13. The third-order valence-corrected chi connectivity index (χ3v) is 4.10. The van der Waals surface area contributed by atoms with E-state index in [0.29, 0.717) is 6.04 Å². The maximum atomic E-state index is 4.57. The van der Waals surface area contributed by atoms with Crippen molar-refractivity contribution < 1.29 is 0 Å². The Morgan fingerprint density at radius 3 is 2.95 bits per heavy atom. The van der Waals surface area contributed by atoms with Gasteiger partial charge in [0.25, 0.3) is 0 Å². The second-order valence-electron chi connectivity index (χ2n) is 6.00. The predicted molar refractivity (Wildman–Crippen MR) is 89.6 cm³/mol. The quantitative estimate of drug-likeness (QED) is 0.922. The molecule has 4 nitrogen and oxygen atoms in total. The topological polar surface area (TPSA) is 42.7 Å². The SMILES string of the molecule is CCc1nc2n(n1)C[C@@H](NC/C(C)=C/c1ccccc1)CC2. The highest BCUT2D eigenvalue weighted by molar-refractivity contribution is 5.52. The van der Waals surface area contributed by atoms with E-state index in [0.717, 1.165) is 44.0 Å². The minimum absolute atomic E-state index is 0.484. The van der Waals surface area contributed by atoms with Crippen LogP contribution >= 0.6 is 0 Å². The lowest BCUT2D eigenvalue weighted by atomic mass is 10.1. The summed E-state index contributed by atoms with van der Waals surface area (Å²) in [4.78, 5) is 4.57. The molecule has 0 spiro atoms. The van der Waals surface area contributed by atoms with Crippen LogP contribution in [0.4, 0.5) is 0 Å². The monoisotopic (exact) mass is 296 g/mol. The Balaban J connectivity index is 1.55.